The summed E-state index contributed by atoms with van der Waals surface area (Å²) >= 11 is 0. The van der Waals surface area contributed by atoms with E-state index < -0.39 is 50.5 Å². The summed E-state index contributed by atoms with van der Waals surface area (Å²) in [7, 11) is -4.36. The summed E-state index contributed by atoms with van der Waals surface area (Å²) in [6, 6.07) is -1.03. The van der Waals surface area contributed by atoms with Gasteiger partial charge < -0.3 is 4.43 Å². The molecule has 0 spiro atoms. The lowest BCUT2D eigenvalue weighted by Gasteiger charge is -2.41. The third-order valence-electron chi connectivity index (χ3n) is 3.02. The van der Waals surface area contributed by atoms with Crippen LogP contribution in [0.25, 0.3) is 0 Å². The van der Waals surface area contributed by atoms with Crippen LogP contribution in [0, 0.1) is 0 Å². The molecule has 0 saturated carbocycles. The highest BCUT2D eigenvalue weighted by molar-refractivity contribution is 6.55. The summed E-state index contributed by atoms with van der Waals surface area (Å²) in [6.45, 7) is 0.727. The fourth-order valence-electron chi connectivity index (χ4n) is 1.55. The SMILES string of the molecule is CC[SiH](OC)C(F)(F)C(F)(F)C(F)(F)C(F)(F)C(F)(F)C(F)(F)F. The van der Waals surface area contributed by atoms with Gasteiger partial charge in [0, 0.05) is 7.11 Å². The third kappa shape index (κ3) is 2.97. The van der Waals surface area contributed by atoms with Crippen LogP contribution in [0.1, 0.15) is 6.92 Å². The van der Waals surface area contributed by atoms with Gasteiger partial charge in [0.25, 0.3) is 9.04 Å². The molecule has 0 aromatic carbocycles. The molecule has 0 N–H and O–H groups in total. The monoisotopic (exact) mass is 408 g/mol. The van der Waals surface area contributed by atoms with Gasteiger partial charge in [-0.1, -0.05) is 6.92 Å². The number of hydrogen-bond donors (Lipinski definition) is 0. The molecule has 0 bridgehead atoms. The van der Waals surface area contributed by atoms with Crippen LogP contribution < -0.4 is 0 Å². The van der Waals surface area contributed by atoms with E-state index >= 15 is 0 Å². The van der Waals surface area contributed by atoms with Crippen LogP contribution in [0.2, 0.25) is 6.04 Å². The van der Waals surface area contributed by atoms with Crippen LogP contribution in [0.5, 0.6) is 0 Å². The van der Waals surface area contributed by atoms with Gasteiger partial charge in [-0.2, -0.15) is 48.3 Å². The first kappa shape index (κ1) is 23.3. The van der Waals surface area contributed by atoms with Gasteiger partial charge in [0.05, 0.1) is 0 Å². The molecule has 0 aliphatic carbocycles. The van der Waals surface area contributed by atoms with Gasteiger partial charge >= 0.3 is 35.4 Å². The third-order valence-corrected chi connectivity index (χ3v) is 5.50. The highest BCUT2D eigenvalue weighted by Gasteiger charge is 2.91. The zero-order valence-corrected chi connectivity index (χ0v) is 12.8. The largest absolute Gasteiger partial charge is 0.460 e. The lowest BCUT2D eigenvalue weighted by molar-refractivity contribution is -0.434. The van der Waals surface area contributed by atoms with Gasteiger partial charge in [0.2, 0.25) is 0 Å². The van der Waals surface area contributed by atoms with Gasteiger partial charge in [-0.15, -0.1) is 0 Å². The number of alkyl halides is 13. The first-order valence-corrected chi connectivity index (χ1v) is 7.62. The molecule has 0 rings (SSSR count). The molecule has 0 aliphatic heterocycles. The van der Waals surface area contributed by atoms with Crippen LogP contribution in [0.3, 0.4) is 0 Å². The molecule has 0 radical (unpaired) electrons. The van der Waals surface area contributed by atoms with Crippen molar-refractivity contribution in [1.82, 2.24) is 0 Å². The maximum Gasteiger partial charge on any atom is 0.460 e. The van der Waals surface area contributed by atoms with E-state index in [0.29, 0.717) is 7.11 Å². The number of hydrogen-bond acceptors (Lipinski definition) is 1. The van der Waals surface area contributed by atoms with Crippen molar-refractivity contribution in [3.05, 3.63) is 0 Å². The standard InChI is InChI=1S/C9H9F13OSi/c1-3-24(23-2)9(21,22)7(16,17)5(12,13)4(10,11)6(14,15)8(18,19)20/h24H,3H2,1-2H3. The topological polar surface area (TPSA) is 9.23 Å². The molecule has 1 unspecified atom stereocenters. The zero-order chi connectivity index (χ0) is 20.0. The first-order chi connectivity index (χ1) is 10.3. The van der Waals surface area contributed by atoms with E-state index in [9.17, 15) is 57.1 Å². The molecule has 24 heavy (non-hydrogen) atoms. The van der Waals surface area contributed by atoms with Crippen molar-refractivity contribution in [2.75, 3.05) is 7.11 Å². The van der Waals surface area contributed by atoms with Crippen molar-refractivity contribution in [3.8, 4) is 0 Å². The maximum atomic E-state index is 13.4. The molecule has 0 heterocycles. The lowest BCUT2D eigenvalue weighted by atomic mass is 9.98. The summed E-state index contributed by atoms with van der Waals surface area (Å²) in [6.07, 6.45) is -7.39. The summed E-state index contributed by atoms with van der Waals surface area (Å²) in [5.74, 6) is -30.5. The Hall–Kier alpha value is -0.733. The van der Waals surface area contributed by atoms with Crippen molar-refractivity contribution < 1.29 is 61.5 Å². The molecule has 146 valence electrons. The highest BCUT2D eigenvalue weighted by atomic mass is 28.3. The van der Waals surface area contributed by atoms with Gasteiger partial charge in [-0.3, -0.25) is 0 Å². The van der Waals surface area contributed by atoms with Crippen molar-refractivity contribution in [1.29, 1.82) is 0 Å². The van der Waals surface area contributed by atoms with E-state index in [1.54, 1.807) is 0 Å². The van der Waals surface area contributed by atoms with Crippen molar-refractivity contribution in [2.24, 2.45) is 0 Å². The Morgan fingerprint density at radius 1 is 0.625 bits per heavy atom. The van der Waals surface area contributed by atoms with Gasteiger partial charge in [0.1, 0.15) is 0 Å². The van der Waals surface area contributed by atoms with E-state index in [2.05, 4.69) is 4.43 Å². The van der Waals surface area contributed by atoms with Crippen molar-refractivity contribution in [3.63, 3.8) is 0 Å². The van der Waals surface area contributed by atoms with Crippen LogP contribution in [-0.2, 0) is 4.43 Å². The number of rotatable bonds is 7. The Morgan fingerprint density at radius 3 is 1.21 bits per heavy atom. The summed E-state index contributed by atoms with van der Waals surface area (Å²) in [5.41, 5.74) is -6.05. The molecule has 15 heteroatoms. The molecule has 1 nitrogen and oxygen atoms in total. The molecule has 0 amide bonds. The van der Waals surface area contributed by atoms with E-state index in [1.807, 2.05) is 0 Å². The molecule has 0 aromatic rings. The summed E-state index contributed by atoms with van der Waals surface area (Å²) in [4.78, 5) is 0. The van der Waals surface area contributed by atoms with Gasteiger partial charge in [-0.05, 0) is 6.04 Å². The smallest absolute Gasteiger partial charge is 0.416 e. The Kier molecular flexibility index (Phi) is 6.02. The molecule has 1 atom stereocenters. The van der Waals surface area contributed by atoms with E-state index in [1.165, 1.54) is 0 Å². The van der Waals surface area contributed by atoms with Crippen molar-refractivity contribution in [2.45, 2.75) is 48.4 Å². The predicted molar refractivity (Wildman–Crippen MR) is 55.4 cm³/mol. The molecular formula is C9H9F13OSi. The Bertz CT molecular complexity index is 439. The van der Waals surface area contributed by atoms with E-state index in [0.717, 1.165) is 6.92 Å². The fourth-order valence-corrected chi connectivity index (χ4v) is 3.28. The zero-order valence-electron chi connectivity index (χ0n) is 11.6. The number of halogens is 13. The molecule has 0 saturated heterocycles. The minimum Gasteiger partial charge on any atom is -0.416 e. The summed E-state index contributed by atoms with van der Waals surface area (Å²) in [5, 5.41) is 0. The average Bonchev–Trinajstić information content (AvgIpc) is 2.37. The molecule has 0 aliphatic rings. The normalized spacial score (nSPS) is 17.1. The highest BCUT2D eigenvalue weighted by Crippen LogP contribution is 2.60. The van der Waals surface area contributed by atoms with E-state index in [4.69, 9.17) is 0 Å². The van der Waals surface area contributed by atoms with Crippen LogP contribution in [0.15, 0.2) is 0 Å². The second-order valence-corrected chi connectivity index (χ2v) is 7.54. The fraction of sp³-hybridized carbons (Fsp3) is 1.00. The lowest BCUT2D eigenvalue weighted by Crippen LogP contribution is -2.72. The van der Waals surface area contributed by atoms with Crippen LogP contribution in [-0.4, -0.2) is 51.6 Å². The predicted octanol–water partition coefficient (Wildman–Crippen LogP) is 4.65. The second-order valence-electron chi connectivity index (χ2n) is 4.55. The van der Waals surface area contributed by atoms with Gasteiger partial charge in [-0.25, -0.2) is 8.78 Å². The Morgan fingerprint density at radius 2 is 0.958 bits per heavy atom. The minimum atomic E-state index is -7.86. The summed E-state index contributed by atoms with van der Waals surface area (Å²) < 4.78 is 170. The quantitative estimate of drug-likeness (QED) is 0.440. The second kappa shape index (κ2) is 6.21. The Labute approximate surface area is 127 Å². The Balaban J connectivity index is 6.30. The minimum absolute atomic E-state index is 0.352. The first-order valence-electron chi connectivity index (χ1n) is 5.75. The maximum absolute atomic E-state index is 13.4. The molecular weight excluding hydrogens is 399 g/mol. The molecule has 0 aromatic heterocycles. The molecule has 0 fully saturated rings. The van der Waals surface area contributed by atoms with E-state index in [-0.39, 0.29) is 0 Å². The van der Waals surface area contributed by atoms with Crippen molar-refractivity contribution >= 4 is 9.04 Å². The van der Waals surface area contributed by atoms with Crippen LogP contribution in [0.4, 0.5) is 57.1 Å². The van der Waals surface area contributed by atoms with Gasteiger partial charge in [0.15, 0.2) is 0 Å². The average molecular weight is 408 g/mol. The van der Waals surface area contributed by atoms with Crippen LogP contribution >= 0.6 is 0 Å².